The highest BCUT2D eigenvalue weighted by Gasteiger charge is 2.34. The van der Waals surface area contributed by atoms with Crippen molar-refractivity contribution in [3.63, 3.8) is 0 Å². The van der Waals surface area contributed by atoms with Crippen LogP contribution in [0.25, 0.3) is 11.3 Å². The van der Waals surface area contributed by atoms with Crippen molar-refractivity contribution < 1.29 is 4.74 Å². The van der Waals surface area contributed by atoms with Gasteiger partial charge < -0.3 is 4.74 Å². The van der Waals surface area contributed by atoms with Crippen molar-refractivity contribution in [2.45, 2.75) is 24.3 Å². The molecule has 2 atom stereocenters. The van der Waals surface area contributed by atoms with Gasteiger partial charge in [-0.3, -0.25) is 10.00 Å². The number of H-pyrrole nitrogens is 1. The standard InChI is InChI=1S/C17H21N3OS/c1-2-4-13(5-3-1)15-10-14(18-19-15)11-20-7-9-22-17-12-21-8-6-16(17)20/h1-5,10,16-17H,6-9,11-12H2,(H,18,19)/t16-,17-/m1/s1. The highest BCUT2D eigenvalue weighted by atomic mass is 32.2. The van der Waals surface area contributed by atoms with E-state index in [2.05, 4.69) is 57.2 Å². The molecule has 0 unspecified atom stereocenters. The number of rotatable bonds is 3. The molecule has 2 fully saturated rings. The van der Waals surface area contributed by atoms with Crippen LogP contribution >= 0.6 is 11.8 Å². The predicted molar refractivity (Wildman–Crippen MR) is 89.9 cm³/mol. The zero-order chi connectivity index (χ0) is 14.8. The summed E-state index contributed by atoms with van der Waals surface area (Å²) >= 11 is 2.07. The summed E-state index contributed by atoms with van der Waals surface area (Å²) < 4.78 is 5.63. The van der Waals surface area contributed by atoms with E-state index in [1.807, 2.05) is 6.07 Å². The first-order chi connectivity index (χ1) is 10.9. The topological polar surface area (TPSA) is 41.1 Å². The minimum absolute atomic E-state index is 0.638. The fraction of sp³-hybridized carbons (Fsp3) is 0.471. The van der Waals surface area contributed by atoms with E-state index in [1.54, 1.807) is 0 Å². The van der Waals surface area contributed by atoms with Crippen molar-refractivity contribution in [2.75, 3.05) is 25.5 Å². The maximum absolute atomic E-state index is 5.63. The summed E-state index contributed by atoms with van der Waals surface area (Å²) in [5.74, 6) is 1.20. The molecule has 0 amide bonds. The van der Waals surface area contributed by atoms with Crippen LogP contribution in [0.5, 0.6) is 0 Å². The van der Waals surface area contributed by atoms with Gasteiger partial charge in [0, 0.05) is 48.0 Å². The highest BCUT2D eigenvalue weighted by molar-refractivity contribution is 8.00. The first kappa shape index (κ1) is 14.3. The van der Waals surface area contributed by atoms with E-state index in [9.17, 15) is 0 Å². The molecule has 2 aromatic rings. The van der Waals surface area contributed by atoms with E-state index in [1.165, 1.54) is 17.0 Å². The molecule has 3 heterocycles. The molecule has 1 aromatic heterocycles. The van der Waals surface area contributed by atoms with E-state index < -0.39 is 0 Å². The third-order valence-electron chi connectivity index (χ3n) is 4.52. The second-order valence-corrected chi connectivity index (χ2v) is 7.30. The normalized spacial score (nSPS) is 25.8. The van der Waals surface area contributed by atoms with Gasteiger partial charge in [-0.2, -0.15) is 16.9 Å². The van der Waals surface area contributed by atoms with Crippen LogP contribution in [0, 0.1) is 0 Å². The minimum atomic E-state index is 0.638. The van der Waals surface area contributed by atoms with Gasteiger partial charge in [0.1, 0.15) is 0 Å². The summed E-state index contributed by atoms with van der Waals surface area (Å²) in [6.07, 6.45) is 1.15. The molecule has 0 aliphatic carbocycles. The lowest BCUT2D eigenvalue weighted by Gasteiger charge is -2.43. The zero-order valence-electron chi connectivity index (χ0n) is 12.6. The van der Waals surface area contributed by atoms with Crippen molar-refractivity contribution in [1.29, 1.82) is 0 Å². The number of ether oxygens (including phenoxy) is 1. The Balaban J connectivity index is 1.48. The molecule has 4 rings (SSSR count). The molecule has 2 saturated heterocycles. The second kappa shape index (κ2) is 6.44. The van der Waals surface area contributed by atoms with E-state index in [0.717, 1.165) is 38.4 Å². The summed E-state index contributed by atoms with van der Waals surface area (Å²) in [5, 5.41) is 8.33. The molecule has 4 nitrogen and oxygen atoms in total. The van der Waals surface area contributed by atoms with Crippen LogP contribution < -0.4 is 0 Å². The van der Waals surface area contributed by atoms with Crippen molar-refractivity contribution >= 4 is 11.8 Å². The van der Waals surface area contributed by atoms with Crippen molar-refractivity contribution in [3.05, 3.63) is 42.1 Å². The van der Waals surface area contributed by atoms with Gasteiger partial charge in [0.2, 0.25) is 0 Å². The van der Waals surface area contributed by atoms with Crippen molar-refractivity contribution in [3.8, 4) is 11.3 Å². The van der Waals surface area contributed by atoms with Crippen LogP contribution in [0.1, 0.15) is 12.1 Å². The number of hydrogen-bond acceptors (Lipinski definition) is 4. The van der Waals surface area contributed by atoms with Gasteiger partial charge in [-0.25, -0.2) is 0 Å². The van der Waals surface area contributed by atoms with Gasteiger partial charge in [0.25, 0.3) is 0 Å². The van der Waals surface area contributed by atoms with Crippen LogP contribution in [0.3, 0.4) is 0 Å². The smallest absolute Gasteiger partial charge is 0.0924 e. The number of nitrogens with zero attached hydrogens (tertiary/aromatic N) is 2. The molecule has 2 aliphatic rings. The Hall–Kier alpha value is -1.30. The lowest BCUT2D eigenvalue weighted by atomic mass is 10.1. The lowest BCUT2D eigenvalue weighted by Crippen LogP contribution is -2.51. The average Bonchev–Trinajstić information content (AvgIpc) is 3.05. The Morgan fingerprint density at radius 1 is 1.32 bits per heavy atom. The van der Waals surface area contributed by atoms with Gasteiger partial charge in [-0.05, 0) is 12.5 Å². The number of benzene rings is 1. The van der Waals surface area contributed by atoms with E-state index in [-0.39, 0.29) is 0 Å². The van der Waals surface area contributed by atoms with Crippen LogP contribution in [0.4, 0.5) is 0 Å². The van der Waals surface area contributed by atoms with Gasteiger partial charge in [-0.1, -0.05) is 30.3 Å². The number of thioether (sulfide) groups is 1. The number of nitrogens with one attached hydrogen (secondary N) is 1. The first-order valence-electron chi connectivity index (χ1n) is 7.93. The predicted octanol–water partition coefficient (Wildman–Crippen LogP) is 2.78. The summed E-state index contributed by atoms with van der Waals surface area (Å²) in [6, 6.07) is 13.2. The Labute approximate surface area is 135 Å². The molecule has 5 heteroatoms. The summed E-state index contributed by atoms with van der Waals surface area (Å²) in [5.41, 5.74) is 3.41. The zero-order valence-corrected chi connectivity index (χ0v) is 13.4. The van der Waals surface area contributed by atoms with Gasteiger partial charge in [0.05, 0.1) is 12.3 Å². The Morgan fingerprint density at radius 3 is 3.14 bits per heavy atom. The molecule has 2 aliphatic heterocycles. The Kier molecular flexibility index (Phi) is 4.19. The molecule has 116 valence electrons. The van der Waals surface area contributed by atoms with Gasteiger partial charge >= 0.3 is 0 Å². The molecule has 1 N–H and O–H groups in total. The van der Waals surface area contributed by atoms with Crippen LogP contribution in [0.2, 0.25) is 0 Å². The number of fused-ring (bicyclic) bond motifs is 1. The molecule has 0 radical (unpaired) electrons. The molecule has 22 heavy (non-hydrogen) atoms. The molecule has 0 bridgehead atoms. The number of aromatic amines is 1. The summed E-state index contributed by atoms with van der Waals surface area (Å²) in [4.78, 5) is 2.60. The average molecular weight is 315 g/mol. The SMILES string of the molecule is c1ccc(-c2cc(CN3CCS[C@@H]4COCC[C@H]43)[nH]n2)cc1. The van der Waals surface area contributed by atoms with E-state index >= 15 is 0 Å². The third kappa shape index (κ3) is 2.93. The Morgan fingerprint density at radius 2 is 2.23 bits per heavy atom. The largest absolute Gasteiger partial charge is 0.380 e. The highest BCUT2D eigenvalue weighted by Crippen LogP contribution is 2.31. The molecule has 0 saturated carbocycles. The maximum Gasteiger partial charge on any atom is 0.0924 e. The van der Waals surface area contributed by atoms with Crippen molar-refractivity contribution in [2.24, 2.45) is 0 Å². The van der Waals surface area contributed by atoms with E-state index in [4.69, 9.17) is 4.74 Å². The fourth-order valence-electron chi connectivity index (χ4n) is 3.38. The molecular weight excluding hydrogens is 294 g/mol. The number of aromatic nitrogens is 2. The molecular formula is C17H21N3OS. The van der Waals surface area contributed by atoms with Crippen LogP contribution in [-0.2, 0) is 11.3 Å². The molecule has 0 spiro atoms. The second-order valence-electron chi connectivity index (χ2n) is 5.96. The van der Waals surface area contributed by atoms with Crippen molar-refractivity contribution in [1.82, 2.24) is 15.1 Å². The monoisotopic (exact) mass is 315 g/mol. The number of hydrogen-bond donors (Lipinski definition) is 1. The summed E-state index contributed by atoms with van der Waals surface area (Å²) in [6.45, 7) is 3.92. The Bertz CT molecular complexity index is 613. The minimum Gasteiger partial charge on any atom is -0.380 e. The maximum atomic E-state index is 5.63. The van der Waals surface area contributed by atoms with Gasteiger partial charge in [0.15, 0.2) is 0 Å². The fourth-order valence-corrected chi connectivity index (χ4v) is 4.74. The summed E-state index contributed by atoms with van der Waals surface area (Å²) in [7, 11) is 0. The van der Waals surface area contributed by atoms with Gasteiger partial charge in [-0.15, -0.1) is 0 Å². The third-order valence-corrected chi connectivity index (χ3v) is 5.82. The quantitative estimate of drug-likeness (QED) is 0.945. The van der Waals surface area contributed by atoms with Crippen LogP contribution in [0.15, 0.2) is 36.4 Å². The first-order valence-corrected chi connectivity index (χ1v) is 8.98. The van der Waals surface area contributed by atoms with Crippen LogP contribution in [-0.4, -0.2) is 51.9 Å². The van der Waals surface area contributed by atoms with E-state index in [0.29, 0.717) is 11.3 Å². The molecule has 1 aromatic carbocycles. The lowest BCUT2D eigenvalue weighted by molar-refractivity contribution is 0.0347.